The normalized spacial score (nSPS) is 14.7. The van der Waals surface area contributed by atoms with Crippen LogP contribution in [0, 0.1) is 0 Å². The van der Waals surface area contributed by atoms with Gasteiger partial charge in [-0.05, 0) is 46.0 Å². The van der Waals surface area contributed by atoms with Gasteiger partial charge in [0.1, 0.15) is 0 Å². The molecule has 4 rings (SSSR count). The topological polar surface area (TPSA) is 15.3 Å². The molecule has 0 unspecified atom stereocenters. The van der Waals surface area contributed by atoms with E-state index in [2.05, 4.69) is 90.8 Å². The summed E-state index contributed by atoms with van der Waals surface area (Å²) in [6.07, 6.45) is 0. The largest absolute Gasteiger partial charge is 0.362 e. The highest BCUT2D eigenvalue weighted by molar-refractivity contribution is 5.83. The molecule has 2 nitrogen and oxygen atoms in total. The molecule has 0 aromatic heterocycles. The Kier molecular flexibility index (Phi) is 4.46. The van der Waals surface area contributed by atoms with Crippen LogP contribution in [0.1, 0.15) is 30.9 Å². The van der Waals surface area contributed by atoms with Crippen LogP contribution in [-0.2, 0) is 6.54 Å². The van der Waals surface area contributed by atoms with Crippen molar-refractivity contribution in [2.24, 2.45) is 0 Å². The van der Waals surface area contributed by atoms with E-state index in [0.717, 1.165) is 19.6 Å². The van der Waals surface area contributed by atoms with Gasteiger partial charge in [0.2, 0.25) is 0 Å². The molecule has 1 aliphatic heterocycles. The molecule has 3 aromatic rings. The summed E-state index contributed by atoms with van der Waals surface area (Å²) in [5.41, 5.74) is 4.10. The molecule has 25 heavy (non-hydrogen) atoms. The fourth-order valence-electron chi connectivity index (χ4n) is 3.51. The third-order valence-electron chi connectivity index (χ3n) is 5.26. The lowest BCUT2D eigenvalue weighted by Gasteiger charge is -2.40. The van der Waals surface area contributed by atoms with Crippen LogP contribution in [0.25, 0.3) is 10.8 Å². The minimum atomic E-state index is 0.577. The predicted octanol–water partition coefficient (Wildman–Crippen LogP) is 4.94. The minimum Gasteiger partial charge on any atom is -0.362 e. The van der Waals surface area contributed by atoms with E-state index in [1.807, 2.05) is 0 Å². The Hall–Kier alpha value is -2.32. The molecule has 2 heteroatoms. The van der Waals surface area contributed by atoms with E-state index in [-0.39, 0.29) is 0 Å². The molecule has 1 fully saturated rings. The Morgan fingerprint density at radius 2 is 1.64 bits per heavy atom. The number of benzene rings is 3. The lowest BCUT2D eigenvalue weighted by atomic mass is 10.0. The van der Waals surface area contributed by atoms with E-state index in [1.165, 1.54) is 27.6 Å². The van der Waals surface area contributed by atoms with Gasteiger partial charge in [-0.3, -0.25) is 0 Å². The van der Waals surface area contributed by atoms with E-state index in [4.69, 9.17) is 0 Å². The van der Waals surface area contributed by atoms with Crippen LogP contribution in [0.2, 0.25) is 0 Å². The maximum atomic E-state index is 3.41. The monoisotopic (exact) mass is 330 g/mol. The van der Waals surface area contributed by atoms with E-state index < -0.39 is 0 Å². The quantitative estimate of drug-likeness (QED) is 0.713. The number of hydrogen-bond acceptors (Lipinski definition) is 2. The molecule has 3 aromatic carbocycles. The summed E-state index contributed by atoms with van der Waals surface area (Å²) in [4.78, 5) is 2.55. The van der Waals surface area contributed by atoms with E-state index >= 15 is 0 Å². The zero-order chi connectivity index (χ0) is 17.2. The Bertz CT molecular complexity index is 847. The zero-order valence-electron chi connectivity index (χ0n) is 15.1. The molecule has 1 saturated heterocycles. The Morgan fingerprint density at radius 3 is 2.28 bits per heavy atom. The highest BCUT2D eigenvalue weighted by atomic mass is 15.2. The van der Waals surface area contributed by atoms with Crippen molar-refractivity contribution >= 4 is 16.5 Å². The summed E-state index contributed by atoms with van der Waals surface area (Å²) < 4.78 is 0. The lowest BCUT2D eigenvalue weighted by Crippen LogP contribution is -2.57. The summed E-state index contributed by atoms with van der Waals surface area (Å²) in [5, 5.41) is 6.05. The summed E-state index contributed by atoms with van der Waals surface area (Å²) in [6.45, 7) is 7.59. The van der Waals surface area contributed by atoms with Crippen molar-refractivity contribution in [3.05, 3.63) is 77.9 Å². The molecule has 0 amide bonds. The Morgan fingerprint density at radius 1 is 0.920 bits per heavy atom. The molecule has 0 bridgehead atoms. The minimum absolute atomic E-state index is 0.577. The van der Waals surface area contributed by atoms with E-state index in [9.17, 15) is 0 Å². The van der Waals surface area contributed by atoms with Crippen molar-refractivity contribution in [3.63, 3.8) is 0 Å². The van der Waals surface area contributed by atoms with Crippen LogP contribution in [0.15, 0.2) is 66.7 Å². The number of anilines is 1. The van der Waals surface area contributed by atoms with Gasteiger partial charge >= 0.3 is 0 Å². The summed E-state index contributed by atoms with van der Waals surface area (Å²) in [5.74, 6) is 0.577. The number of nitrogens with zero attached hydrogens (tertiary/aromatic N) is 1. The number of nitrogens with one attached hydrogen (secondary N) is 1. The van der Waals surface area contributed by atoms with Crippen molar-refractivity contribution in [1.29, 1.82) is 0 Å². The first kappa shape index (κ1) is 16.2. The van der Waals surface area contributed by atoms with Gasteiger partial charge in [-0.15, -0.1) is 0 Å². The van der Waals surface area contributed by atoms with Crippen molar-refractivity contribution in [2.75, 3.05) is 18.0 Å². The Balaban J connectivity index is 1.62. The molecule has 128 valence electrons. The van der Waals surface area contributed by atoms with Gasteiger partial charge < -0.3 is 10.2 Å². The van der Waals surface area contributed by atoms with Crippen LogP contribution in [0.5, 0.6) is 0 Å². The molecule has 0 atom stereocenters. The first-order valence-electron chi connectivity index (χ1n) is 9.26. The third-order valence-corrected chi connectivity index (χ3v) is 5.26. The molecule has 1 heterocycles. The van der Waals surface area contributed by atoms with Crippen LogP contribution in [0.3, 0.4) is 0 Å². The smallest absolute Gasteiger partial charge is 0.0542 e. The molecule has 1 N–H and O–H groups in total. The average molecular weight is 330 g/mol. The first-order chi connectivity index (χ1) is 12.2. The van der Waals surface area contributed by atoms with Gasteiger partial charge in [0.15, 0.2) is 0 Å². The summed E-state index contributed by atoms with van der Waals surface area (Å²) in [7, 11) is 0. The summed E-state index contributed by atoms with van der Waals surface area (Å²) in [6, 6.07) is 25.1. The SMILES string of the molecule is CC(C)c1ccc(N(Cc2ccc3ccccc3c2)C2CNC2)cc1. The maximum Gasteiger partial charge on any atom is 0.0542 e. The molecule has 0 spiro atoms. The number of fused-ring (bicyclic) bond motifs is 1. The Labute approximate surface area is 150 Å². The van der Waals surface area contributed by atoms with Crippen molar-refractivity contribution in [1.82, 2.24) is 5.32 Å². The molecule has 1 aliphatic rings. The molecular weight excluding hydrogens is 304 g/mol. The number of rotatable bonds is 5. The lowest BCUT2D eigenvalue weighted by molar-refractivity contribution is 0.411. The summed E-state index contributed by atoms with van der Waals surface area (Å²) >= 11 is 0. The van der Waals surface area contributed by atoms with E-state index in [0.29, 0.717) is 12.0 Å². The van der Waals surface area contributed by atoms with Crippen molar-refractivity contribution in [3.8, 4) is 0 Å². The van der Waals surface area contributed by atoms with Gasteiger partial charge in [-0.1, -0.05) is 62.4 Å². The fourth-order valence-corrected chi connectivity index (χ4v) is 3.51. The molecule has 0 aliphatic carbocycles. The maximum absolute atomic E-state index is 3.41. The van der Waals surface area contributed by atoms with Crippen LogP contribution < -0.4 is 10.2 Å². The highest BCUT2D eigenvalue weighted by Crippen LogP contribution is 2.26. The van der Waals surface area contributed by atoms with Gasteiger partial charge in [-0.25, -0.2) is 0 Å². The zero-order valence-corrected chi connectivity index (χ0v) is 15.1. The second-order valence-corrected chi connectivity index (χ2v) is 7.37. The molecule has 0 radical (unpaired) electrons. The van der Waals surface area contributed by atoms with Gasteiger partial charge in [-0.2, -0.15) is 0 Å². The molecular formula is C23H26N2. The van der Waals surface area contributed by atoms with E-state index in [1.54, 1.807) is 0 Å². The second kappa shape index (κ2) is 6.89. The van der Waals surface area contributed by atoms with Gasteiger partial charge in [0.25, 0.3) is 0 Å². The standard InChI is InChI=1S/C23H26N2/c1-17(2)19-9-11-22(12-10-19)25(23-14-24-15-23)16-18-7-8-20-5-3-4-6-21(20)13-18/h3-13,17,23-24H,14-16H2,1-2H3. The van der Waals surface area contributed by atoms with Gasteiger partial charge in [0, 0.05) is 25.3 Å². The fraction of sp³-hybridized carbons (Fsp3) is 0.304. The van der Waals surface area contributed by atoms with Crippen molar-refractivity contribution < 1.29 is 0 Å². The van der Waals surface area contributed by atoms with Crippen LogP contribution >= 0.6 is 0 Å². The van der Waals surface area contributed by atoms with Gasteiger partial charge in [0.05, 0.1) is 6.04 Å². The highest BCUT2D eigenvalue weighted by Gasteiger charge is 2.25. The third kappa shape index (κ3) is 3.40. The van der Waals surface area contributed by atoms with Crippen LogP contribution in [-0.4, -0.2) is 19.1 Å². The molecule has 0 saturated carbocycles. The number of hydrogen-bond donors (Lipinski definition) is 1. The van der Waals surface area contributed by atoms with Crippen molar-refractivity contribution in [2.45, 2.75) is 32.4 Å². The average Bonchev–Trinajstić information content (AvgIpc) is 2.59. The van der Waals surface area contributed by atoms with Crippen LogP contribution in [0.4, 0.5) is 5.69 Å². The first-order valence-corrected chi connectivity index (χ1v) is 9.26. The second-order valence-electron chi connectivity index (χ2n) is 7.37. The predicted molar refractivity (Wildman–Crippen MR) is 107 cm³/mol.